The highest BCUT2D eigenvalue weighted by molar-refractivity contribution is 7.92. The van der Waals surface area contributed by atoms with E-state index < -0.39 is 26.6 Å². The summed E-state index contributed by atoms with van der Waals surface area (Å²) in [6, 6.07) is 4.38. The van der Waals surface area contributed by atoms with Gasteiger partial charge in [-0.3, -0.25) is 0 Å². The number of allylic oxidation sites excluding steroid dienone is 3. The van der Waals surface area contributed by atoms with E-state index in [0.29, 0.717) is 0 Å². The fourth-order valence-electron chi connectivity index (χ4n) is 1.87. The van der Waals surface area contributed by atoms with Gasteiger partial charge in [0.25, 0.3) is 0 Å². The lowest BCUT2D eigenvalue weighted by molar-refractivity contribution is 0.261. The highest BCUT2D eigenvalue weighted by Gasteiger charge is 2.41. The molecule has 0 aliphatic heterocycles. The highest BCUT2D eigenvalue weighted by Crippen LogP contribution is 2.31. The van der Waals surface area contributed by atoms with Crippen molar-refractivity contribution in [3.8, 4) is 0 Å². The minimum absolute atomic E-state index is 0.0854. The number of hydrogen-bond donors (Lipinski definition) is 0. The van der Waals surface area contributed by atoms with E-state index in [-0.39, 0.29) is 4.90 Å². The van der Waals surface area contributed by atoms with Gasteiger partial charge in [-0.05, 0) is 37.3 Å². The molecule has 5 heteroatoms. The first-order valence-electron chi connectivity index (χ1n) is 5.38. The van der Waals surface area contributed by atoms with Gasteiger partial charge in [-0.25, -0.2) is 17.2 Å². The first-order valence-corrected chi connectivity index (χ1v) is 6.93. The summed E-state index contributed by atoms with van der Waals surface area (Å²) >= 11 is 0. The summed E-state index contributed by atoms with van der Waals surface area (Å²) in [4.78, 5) is -0.0854. The van der Waals surface area contributed by atoms with Crippen molar-refractivity contribution in [3.05, 3.63) is 54.4 Å². The maximum Gasteiger partial charge on any atom is 0.188 e. The number of alkyl halides is 1. The lowest BCUT2D eigenvalue weighted by atomic mass is 9.99. The van der Waals surface area contributed by atoms with Crippen LogP contribution in [0.2, 0.25) is 0 Å². The van der Waals surface area contributed by atoms with Crippen molar-refractivity contribution in [2.75, 3.05) is 0 Å². The first kappa shape index (κ1) is 13.0. The van der Waals surface area contributed by atoms with Crippen LogP contribution < -0.4 is 0 Å². The summed E-state index contributed by atoms with van der Waals surface area (Å²) in [5.41, 5.74) is -1.97. The molecule has 0 fully saturated rings. The van der Waals surface area contributed by atoms with Crippen molar-refractivity contribution in [2.24, 2.45) is 0 Å². The molecule has 0 heterocycles. The standard InChI is InChI=1S/C13H12F2O2S/c1-13(15)9-3-2-4-12(13)18(16,17)11-7-5-10(14)6-8-11/h2-9,12H,1H3. The zero-order chi connectivity index (χ0) is 13.4. The second-order valence-electron chi connectivity index (χ2n) is 4.31. The van der Waals surface area contributed by atoms with E-state index in [9.17, 15) is 17.2 Å². The number of rotatable bonds is 2. The van der Waals surface area contributed by atoms with Gasteiger partial charge in [-0.15, -0.1) is 0 Å². The van der Waals surface area contributed by atoms with Crippen LogP contribution in [0.5, 0.6) is 0 Å². The van der Waals surface area contributed by atoms with E-state index in [1.54, 1.807) is 0 Å². The van der Waals surface area contributed by atoms with Crippen LogP contribution in [0.3, 0.4) is 0 Å². The SMILES string of the molecule is CC1(F)C=CC=CC1S(=O)(=O)c1ccc(F)cc1. The van der Waals surface area contributed by atoms with E-state index in [0.717, 1.165) is 24.3 Å². The van der Waals surface area contributed by atoms with Crippen LogP contribution in [0.1, 0.15) is 6.92 Å². The van der Waals surface area contributed by atoms with Gasteiger partial charge in [0.2, 0.25) is 0 Å². The Morgan fingerprint density at radius 3 is 2.33 bits per heavy atom. The van der Waals surface area contributed by atoms with Crippen molar-refractivity contribution < 1.29 is 17.2 Å². The molecular formula is C13H12F2O2S. The zero-order valence-corrected chi connectivity index (χ0v) is 10.5. The van der Waals surface area contributed by atoms with Crippen molar-refractivity contribution in [1.29, 1.82) is 0 Å². The monoisotopic (exact) mass is 270 g/mol. The van der Waals surface area contributed by atoms with Crippen LogP contribution >= 0.6 is 0 Å². The third-order valence-corrected chi connectivity index (χ3v) is 5.07. The Kier molecular flexibility index (Phi) is 3.11. The lowest BCUT2D eigenvalue weighted by Gasteiger charge is -2.27. The molecule has 96 valence electrons. The Morgan fingerprint density at radius 1 is 1.17 bits per heavy atom. The van der Waals surface area contributed by atoms with E-state index in [4.69, 9.17) is 0 Å². The minimum Gasteiger partial charge on any atom is -0.238 e. The molecule has 1 aromatic carbocycles. The molecular weight excluding hydrogens is 258 g/mol. The van der Waals surface area contributed by atoms with Crippen molar-refractivity contribution in [1.82, 2.24) is 0 Å². The second-order valence-corrected chi connectivity index (χ2v) is 6.38. The molecule has 1 aliphatic rings. The highest BCUT2D eigenvalue weighted by atomic mass is 32.2. The van der Waals surface area contributed by atoms with Gasteiger partial charge in [-0.2, -0.15) is 0 Å². The quantitative estimate of drug-likeness (QED) is 0.774. The summed E-state index contributed by atoms with van der Waals surface area (Å²) in [5, 5.41) is -1.29. The fraction of sp³-hybridized carbons (Fsp3) is 0.231. The van der Waals surface area contributed by atoms with E-state index in [1.165, 1.54) is 31.2 Å². The topological polar surface area (TPSA) is 34.1 Å². The largest absolute Gasteiger partial charge is 0.238 e. The summed E-state index contributed by atoms with van der Waals surface area (Å²) in [6.07, 6.45) is 5.47. The van der Waals surface area contributed by atoms with Crippen LogP contribution in [-0.2, 0) is 9.84 Å². The molecule has 0 saturated carbocycles. The second kappa shape index (κ2) is 4.31. The van der Waals surface area contributed by atoms with Gasteiger partial charge in [0, 0.05) is 0 Å². The Morgan fingerprint density at radius 2 is 1.78 bits per heavy atom. The maximum absolute atomic E-state index is 14.2. The van der Waals surface area contributed by atoms with Gasteiger partial charge >= 0.3 is 0 Å². The molecule has 2 nitrogen and oxygen atoms in total. The average Bonchev–Trinajstić information content (AvgIpc) is 2.28. The average molecular weight is 270 g/mol. The Balaban J connectivity index is 2.46. The number of sulfone groups is 1. The van der Waals surface area contributed by atoms with Crippen molar-refractivity contribution in [2.45, 2.75) is 22.7 Å². The van der Waals surface area contributed by atoms with Crippen LogP contribution in [0, 0.1) is 5.82 Å². The van der Waals surface area contributed by atoms with Gasteiger partial charge in [0.05, 0.1) is 4.90 Å². The molecule has 0 amide bonds. The number of hydrogen-bond acceptors (Lipinski definition) is 2. The molecule has 2 rings (SSSR count). The van der Waals surface area contributed by atoms with E-state index in [1.807, 2.05) is 0 Å². The van der Waals surface area contributed by atoms with Gasteiger partial charge in [0.1, 0.15) is 16.7 Å². The van der Waals surface area contributed by atoms with Crippen LogP contribution in [0.25, 0.3) is 0 Å². The van der Waals surface area contributed by atoms with Gasteiger partial charge < -0.3 is 0 Å². The molecule has 2 unspecified atom stereocenters. The normalized spacial score (nSPS) is 27.4. The van der Waals surface area contributed by atoms with Gasteiger partial charge in [0.15, 0.2) is 9.84 Å². The summed E-state index contributed by atoms with van der Waals surface area (Å²) in [6.45, 7) is 1.21. The first-order chi connectivity index (χ1) is 8.34. The molecule has 0 aromatic heterocycles. The Hall–Kier alpha value is -1.49. The van der Waals surface area contributed by atoms with Crippen LogP contribution in [0.4, 0.5) is 8.78 Å². The Labute approximate surface area is 105 Å². The van der Waals surface area contributed by atoms with E-state index in [2.05, 4.69) is 0 Å². The molecule has 0 spiro atoms. The zero-order valence-electron chi connectivity index (χ0n) is 9.68. The molecule has 0 N–H and O–H groups in total. The molecule has 1 aliphatic carbocycles. The summed E-state index contributed by atoms with van der Waals surface area (Å²) < 4.78 is 51.5. The third kappa shape index (κ3) is 2.22. The fourth-order valence-corrected chi connectivity index (χ4v) is 3.66. The molecule has 0 radical (unpaired) electrons. The Bertz CT molecular complexity index is 598. The van der Waals surface area contributed by atoms with E-state index >= 15 is 0 Å². The number of benzene rings is 1. The lowest BCUT2D eigenvalue weighted by Crippen LogP contribution is -2.39. The van der Waals surface area contributed by atoms with Gasteiger partial charge in [-0.1, -0.05) is 18.2 Å². The van der Waals surface area contributed by atoms with Crippen molar-refractivity contribution in [3.63, 3.8) is 0 Å². The molecule has 0 saturated heterocycles. The third-order valence-electron chi connectivity index (χ3n) is 2.85. The van der Waals surface area contributed by atoms with Crippen LogP contribution in [0.15, 0.2) is 53.5 Å². The molecule has 0 bridgehead atoms. The molecule has 2 atom stereocenters. The summed E-state index contributed by atoms with van der Waals surface area (Å²) in [5.74, 6) is -0.531. The summed E-state index contributed by atoms with van der Waals surface area (Å²) in [7, 11) is -3.87. The number of halogens is 2. The molecule has 18 heavy (non-hydrogen) atoms. The smallest absolute Gasteiger partial charge is 0.188 e. The molecule has 1 aromatic rings. The van der Waals surface area contributed by atoms with Crippen molar-refractivity contribution >= 4 is 9.84 Å². The maximum atomic E-state index is 14.2. The predicted molar refractivity (Wildman–Crippen MR) is 65.2 cm³/mol. The minimum atomic E-state index is -3.87. The van der Waals surface area contributed by atoms with Crippen LogP contribution in [-0.4, -0.2) is 19.3 Å². The predicted octanol–water partition coefficient (Wildman–Crippen LogP) is 2.82.